The molecule has 11 heteroatoms. The second-order valence-electron chi connectivity index (χ2n) is 11.2. The molecule has 1 spiro atoms. The van der Waals surface area contributed by atoms with Crippen LogP contribution >= 0.6 is 34.5 Å². The van der Waals surface area contributed by atoms with Gasteiger partial charge in [-0.15, -0.1) is 0 Å². The highest BCUT2D eigenvalue weighted by atomic mass is 35.5. The van der Waals surface area contributed by atoms with E-state index in [0.29, 0.717) is 40.4 Å². The van der Waals surface area contributed by atoms with Crippen LogP contribution < -0.4 is 4.90 Å². The van der Waals surface area contributed by atoms with E-state index in [9.17, 15) is 14.3 Å². The standard InChI is InChI=1S/C29H26Cl2FN3O4S/c30-20-2-1-3-21(31)24(20)25-19(26(39-34-25)15-4-5-15)13-38-18-10-29(11-18)9-17(12-32)35(14-29)28-33-22-7-6-16(27(36)37)8-23(22)40-28/h1-3,6-8,15,17-18H,4-5,9-14H2,(H,36,37)/t17-,18?,29?/m0/s1. The smallest absolute Gasteiger partial charge is 0.335 e. The minimum absolute atomic E-state index is 0.0334. The van der Waals surface area contributed by atoms with Gasteiger partial charge in [-0.2, -0.15) is 0 Å². The number of hydrogen-bond donors (Lipinski definition) is 1. The van der Waals surface area contributed by atoms with Gasteiger partial charge in [0, 0.05) is 23.6 Å². The molecule has 40 heavy (non-hydrogen) atoms. The van der Waals surface area contributed by atoms with Crippen molar-refractivity contribution < 1.29 is 23.6 Å². The highest BCUT2D eigenvalue weighted by molar-refractivity contribution is 7.22. The van der Waals surface area contributed by atoms with Gasteiger partial charge in [0.05, 0.1) is 44.6 Å². The summed E-state index contributed by atoms with van der Waals surface area (Å²) < 4.78 is 27.1. The number of carbonyl (C=O) groups is 1. The van der Waals surface area contributed by atoms with E-state index < -0.39 is 12.6 Å². The first-order chi connectivity index (χ1) is 19.3. The minimum Gasteiger partial charge on any atom is -0.478 e. The molecule has 1 atom stereocenters. The third-order valence-corrected chi connectivity index (χ3v) is 10.1. The van der Waals surface area contributed by atoms with Crippen LogP contribution in [0.2, 0.25) is 10.0 Å². The van der Waals surface area contributed by atoms with Gasteiger partial charge in [0.25, 0.3) is 0 Å². The fraction of sp³-hybridized carbons (Fsp3) is 0.414. The minimum atomic E-state index is -0.975. The Balaban J connectivity index is 1.06. The van der Waals surface area contributed by atoms with Crippen molar-refractivity contribution in [3.63, 3.8) is 0 Å². The lowest BCUT2D eigenvalue weighted by Crippen LogP contribution is -2.44. The first kappa shape index (κ1) is 26.2. The second kappa shape index (κ2) is 9.98. The molecule has 1 aliphatic heterocycles. The zero-order chi connectivity index (χ0) is 27.6. The lowest BCUT2D eigenvalue weighted by molar-refractivity contribution is -0.0809. The summed E-state index contributed by atoms with van der Waals surface area (Å²) in [5.74, 6) is 0.228. The molecule has 2 aromatic carbocycles. The van der Waals surface area contributed by atoms with Gasteiger partial charge in [0.2, 0.25) is 0 Å². The van der Waals surface area contributed by atoms with Gasteiger partial charge in [-0.1, -0.05) is 45.8 Å². The molecule has 0 radical (unpaired) electrons. The number of ether oxygens (including phenoxy) is 1. The number of carboxylic acid groups (broad SMARTS) is 1. The molecular weight excluding hydrogens is 576 g/mol. The molecule has 7 nitrogen and oxygen atoms in total. The van der Waals surface area contributed by atoms with Crippen LogP contribution in [0.15, 0.2) is 40.9 Å². The van der Waals surface area contributed by atoms with Crippen LogP contribution in [0.1, 0.15) is 59.7 Å². The number of benzene rings is 2. The van der Waals surface area contributed by atoms with E-state index in [-0.39, 0.29) is 23.1 Å². The van der Waals surface area contributed by atoms with Crippen LogP contribution in [0, 0.1) is 5.41 Å². The molecule has 208 valence electrons. The van der Waals surface area contributed by atoms with Gasteiger partial charge in [0.1, 0.15) is 18.1 Å². The number of rotatable bonds is 8. The quantitative estimate of drug-likeness (QED) is 0.221. The molecule has 0 bridgehead atoms. The van der Waals surface area contributed by atoms with E-state index in [1.807, 2.05) is 0 Å². The zero-order valence-electron chi connectivity index (χ0n) is 21.4. The van der Waals surface area contributed by atoms with Gasteiger partial charge in [-0.05, 0) is 67.9 Å². The van der Waals surface area contributed by atoms with Crippen LogP contribution in [0.5, 0.6) is 0 Å². The number of carboxylic acids is 1. The van der Waals surface area contributed by atoms with E-state index in [2.05, 4.69) is 10.1 Å². The first-order valence-electron chi connectivity index (χ1n) is 13.3. The molecule has 0 amide bonds. The normalized spacial score (nSPS) is 24.2. The number of halogens is 3. The molecule has 1 saturated heterocycles. The van der Waals surface area contributed by atoms with Crippen molar-refractivity contribution in [1.29, 1.82) is 0 Å². The van der Waals surface area contributed by atoms with Crippen LogP contribution in [-0.2, 0) is 11.3 Å². The Labute approximate surface area is 243 Å². The largest absolute Gasteiger partial charge is 0.478 e. The maximum atomic E-state index is 14.2. The molecule has 2 saturated carbocycles. The van der Waals surface area contributed by atoms with Gasteiger partial charge in [0.15, 0.2) is 5.13 Å². The Morgan fingerprint density at radius 2 is 1.98 bits per heavy atom. The second-order valence-corrected chi connectivity index (χ2v) is 13.0. The molecule has 0 unspecified atom stereocenters. The lowest BCUT2D eigenvalue weighted by atomic mass is 9.65. The SMILES string of the molecule is O=C(O)c1ccc2nc(N3CC4(CC(OCc5c(-c6c(Cl)cccc6Cl)noc5C5CC5)C4)C[C@H]3CF)sc2c1. The van der Waals surface area contributed by atoms with Crippen molar-refractivity contribution in [2.75, 3.05) is 18.1 Å². The van der Waals surface area contributed by atoms with E-state index in [0.717, 1.165) is 58.8 Å². The predicted molar refractivity (Wildman–Crippen MR) is 152 cm³/mol. The summed E-state index contributed by atoms with van der Waals surface area (Å²) >= 11 is 14.4. The highest BCUT2D eigenvalue weighted by Gasteiger charge is 2.53. The van der Waals surface area contributed by atoms with Gasteiger partial charge >= 0.3 is 5.97 Å². The topological polar surface area (TPSA) is 88.7 Å². The Morgan fingerprint density at radius 1 is 1.20 bits per heavy atom. The number of alkyl halides is 1. The molecule has 3 heterocycles. The fourth-order valence-corrected chi connectivity index (χ4v) is 7.92. The summed E-state index contributed by atoms with van der Waals surface area (Å²) in [5.41, 5.74) is 3.12. The van der Waals surface area contributed by atoms with Gasteiger partial charge < -0.3 is 19.3 Å². The molecule has 3 aliphatic rings. The van der Waals surface area contributed by atoms with Gasteiger partial charge in [-0.3, -0.25) is 0 Å². The Hall–Kier alpha value is -2.72. The van der Waals surface area contributed by atoms with E-state index in [1.54, 1.807) is 36.4 Å². The number of aromatic nitrogens is 2. The first-order valence-corrected chi connectivity index (χ1v) is 14.9. The number of fused-ring (bicyclic) bond motifs is 1. The van der Waals surface area contributed by atoms with E-state index in [1.165, 1.54) is 11.3 Å². The number of thiazole rings is 1. The van der Waals surface area contributed by atoms with Crippen LogP contribution in [0.4, 0.5) is 9.52 Å². The van der Waals surface area contributed by atoms with Crippen molar-refractivity contribution in [3.05, 3.63) is 63.3 Å². The zero-order valence-corrected chi connectivity index (χ0v) is 23.7. The summed E-state index contributed by atoms with van der Waals surface area (Å²) in [5, 5.41) is 15.4. The van der Waals surface area contributed by atoms with Crippen LogP contribution in [0.25, 0.3) is 21.5 Å². The summed E-state index contributed by atoms with van der Waals surface area (Å²) in [6.07, 6.45) is 4.58. The summed E-state index contributed by atoms with van der Waals surface area (Å²) in [4.78, 5) is 18.1. The van der Waals surface area contributed by atoms with Crippen LogP contribution in [-0.4, -0.2) is 46.6 Å². The Kier molecular flexibility index (Phi) is 6.53. The molecule has 4 aromatic rings. The number of aromatic carboxylic acids is 1. The molecule has 1 N–H and O–H groups in total. The Bertz CT molecular complexity index is 1590. The third kappa shape index (κ3) is 4.57. The van der Waals surface area contributed by atoms with E-state index >= 15 is 0 Å². The fourth-order valence-electron chi connectivity index (χ4n) is 6.26. The number of nitrogens with zero attached hydrogens (tertiary/aromatic N) is 3. The lowest BCUT2D eigenvalue weighted by Gasteiger charge is -2.44. The van der Waals surface area contributed by atoms with Crippen molar-refractivity contribution >= 4 is 55.9 Å². The number of anilines is 1. The average Bonchev–Trinajstić information content (AvgIpc) is 3.36. The average molecular weight is 603 g/mol. The van der Waals surface area contributed by atoms with Crippen molar-refractivity contribution in [2.24, 2.45) is 5.41 Å². The monoisotopic (exact) mass is 601 g/mol. The van der Waals surface area contributed by atoms with Crippen molar-refractivity contribution in [1.82, 2.24) is 10.1 Å². The maximum absolute atomic E-state index is 14.2. The number of hydrogen-bond acceptors (Lipinski definition) is 7. The Morgan fingerprint density at radius 3 is 2.67 bits per heavy atom. The summed E-state index contributed by atoms with van der Waals surface area (Å²) in [6.45, 7) is 0.595. The molecule has 2 aliphatic carbocycles. The molecule has 7 rings (SSSR count). The third-order valence-electron chi connectivity index (χ3n) is 8.41. The van der Waals surface area contributed by atoms with E-state index in [4.69, 9.17) is 37.4 Å². The molecule has 2 aromatic heterocycles. The molecular formula is C29H26Cl2FN3O4S. The summed E-state index contributed by atoms with van der Waals surface area (Å²) in [7, 11) is 0. The van der Waals surface area contributed by atoms with Crippen molar-refractivity contribution in [3.8, 4) is 11.3 Å². The molecule has 3 fully saturated rings. The highest BCUT2D eigenvalue weighted by Crippen LogP contribution is 2.54. The maximum Gasteiger partial charge on any atom is 0.335 e. The van der Waals surface area contributed by atoms with Gasteiger partial charge in [-0.25, -0.2) is 14.2 Å². The van der Waals surface area contributed by atoms with Crippen LogP contribution in [0.3, 0.4) is 0 Å². The summed E-state index contributed by atoms with van der Waals surface area (Å²) in [6, 6.07) is 10.0. The van der Waals surface area contributed by atoms with Crippen molar-refractivity contribution in [2.45, 2.75) is 56.8 Å². The predicted octanol–water partition coefficient (Wildman–Crippen LogP) is 7.75.